The first-order valence-electron chi connectivity index (χ1n) is 10.8. The molecule has 1 fully saturated rings. The number of esters is 1. The van der Waals surface area contributed by atoms with Crippen LogP contribution in [-0.2, 0) is 24.3 Å². The Balaban J connectivity index is 1.45. The van der Waals surface area contributed by atoms with Crippen molar-refractivity contribution in [2.75, 3.05) is 37.6 Å². The molecule has 34 heavy (non-hydrogen) atoms. The predicted molar refractivity (Wildman–Crippen MR) is 122 cm³/mol. The summed E-state index contributed by atoms with van der Waals surface area (Å²) in [4.78, 5) is 26.7. The number of amides is 1. The van der Waals surface area contributed by atoms with E-state index in [1.54, 1.807) is 17.0 Å². The van der Waals surface area contributed by atoms with Crippen LogP contribution in [0.5, 0.6) is 11.5 Å². The van der Waals surface area contributed by atoms with Crippen LogP contribution in [0.4, 0.5) is 5.69 Å². The lowest BCUT2D eigenvalue weighted by Crippen LogP contribution is -2.49. The predicted octanol–water partition coefficient (Wildman–Crippen LogP) is 2.05. The molecule has 0 radical (unpaired) electrons. The first kappa shape index (κ1) is 23.8. The first-order chi connectivity index (χ1) is 16.2. The van der Waals surface area contributed by atoms with Crippen LogP contribution in [0, 0.1) is 0 Å². The number of fused-ring (bicyclic) bond motifs is 1. The molecule has 182 valence electrons. The maximum absolute atomic E-state index is 13.0. The SMILES string of the molecule is C[C@@H]1CN(C(=O)COC(=O)c2ccccc2NS(=O)(=O)c2ccc3c(c2)OCCO3)C[C@@H](C)O1. The Hall–Kier alpha value is -3.31. The Bertz CT molecular complexity index is 1170. The Morgan fingerprint density at radius 2 is 1.71 bits per heavy atom. The van der Waals surface area contributed by atoms with Crippen LogP contribution < -0.4 is 14.2 Å². The number of hydrogen-bond acceptors (Lipinski definition) is 8. The average molecular weight is 491 g/mol. The third-order valence-corrected chi connectivity index (χ3v) is 6.68. The summed E-state index contributed by atoms with van der Waals surface area (Å²) in [5, 5.41) is 0. The van der Waals surface area contributed by atoms with E-state index in [0.717, 1.165) is 0 Å². The highest BCUT2D eigenvalue weighted by Gasteiger charge is 2.27. The minimum atomic E-state index is -4.05. The molecule has 0 saturated carbocycles. The van der Waals surface area contributed by atoms with Crippen molar-refractivity contribution >= 4 is 27.6 Å². The fourth-order valence-corrected chi connectivity index (χ4v) is 4.92. The zero-order valence-corrected chi connectivity index (χ0v) is 19.7. The van der Waals surface area contributed by atoms with Crippen LogP contribution in [0.25, 0.3) is 0 Å². The molecule has 2 atom stereocenters. The highest BCUT2D eigenvalue weighted by molar-refractivity contribution is 7.92. The van der Waals surface area contributed by atoms with Gasteiger partial charge in [-0.05, 0) is 38.1 Å². The molecule has 0 spiro atoms. The van der Waals surface area contributed by atoms with E-state index in [1.807, 2.05) is 13.8 Å². The van der Waals surface area contributed by atoms with Gasteiger partial charge in [0.05, 0.1) is 28.4 Å². The van der Waals surface area contributed by atoms with Crippen molar-refractivity contribution < 1.29 is 37.0 Å². The maximum atomic E-state index is 13.0. The van der Waals surface area contributed by atoms with Gasteiger partial charge in [0, 0.05) is 19.2 Å². The molecule has 0 aromatic heterocycles. The van der Waals surface area contributed by atoms with Crippen LogP contribution >= 0.6 is 0 Å². The maximum Gasteiger partial charge on any atom is 0.340 e. The lowest BCUT2D eigenvalue weighted by atomic mass is 10.2. The first-order valence-corrected chi connectivity index (χ1v) is 12.3. The number of nitrogens with one attached hydrogen (secondary N) is 1. The topological polar surface area (TPSA) is 120 Å². The van der Waals surface area contributed by atoms with Gasteiger partial charge in [0.1, 0.15) is 13.2 Å². The molecule has 11 heteroatoms. The molecule has 2 heterocycles. The highest BCUT2D eigenvalue weighted by atomic mass is 32.2. The quantitative estimate of drug-likeness (QED) is 0.611. The van der Waals surface area contributed by atoms with Gasteiger partial charge >= 0.3 is 5.97 Å². The van der Waals surface area contributed by atoms with Gasteiger partial charge in [-0.1, -0.05) is 12.1 Å². The number of morpholine rings is 1. The van der Waals surface area contributed by atoms with Crippen LogP contribution in [0.2, 0.25) is 0 Å². The van der Waals surface area contributed by atoms with Gasteiger partial charge in [0.25, 0.3) is 15.9 Å². The third-order valence-electron chi connectivity index (χ3n) is 5.31. The second-order valence-electron chi connectivity index (χ2n) is 8.09. The second-order valence-corrected chi connectivity index (χ2v) is 9.77. The molecule has 2 aromatic carbocycles. The van der Waals surface area contributed by atoms with E-state index < -0.39 is 22.6 Å². The summed E-state index contributed by atoms with van der Waals surface area (Å²) in [6, 6.07) is 10.3. The number of anilines is 1. The molecule has 2 aromatic rings. The monoisotopic (exact) mass is 490 g/mol. The number of benzene rings is 2. The molecule has 2 aliphatic rings. The Morgan fingerprint density at radius 3 is 2.44 bits per heavy atom. The van der Waals surface area contributed by atoms with Gasteiger partial charge in [-0.2, -0.15) is 0 Å². The van der Waals surface area contributed by atoms with Crippen LogP contribution in [0.1, 0.15) is 24.2 Å². The Labute approximate surface area is 197 Å². The van der Waals surface area contributed by atoms with Crippen molar-refractivity contribution in [2.24, 2.45) is 0 Å². The molecule has 1 amide bonds. The van der Waals surface area contributed by atoms with Crippen molar-refractivity contribution in [1.82, 2.24) is 4.90 Å². The number of para-hydroxylation sites is 1. The molecule has 0 aliphatic carbocycles. The third kappa shape index (κ3) is 5.42. The lowest BCUT2D eigenvalue weighted by molar-refractivity contribution is -0.146. The van der Waals surface area contributed by atoms with Crippen molar-refractivity contribution in [3.8, 4) is 11.5 Å². The fourth-order valence-electron chi connectivity index (χ4n) is 3.82. The second kappa shape index (κ2) is 9.90. The minimum absolute atomic E-state index is 0.0138. The van der Waals surface area contributed by atoms with Gasteiger partial charge in [-0.15, -0.1) is 0 Å². The van der Waals surface area contributed by atoms with E-state index in [-0.39, 0.29) is 34.3 Å². The summed E-state index contributed by atoms with van der Waals surface area (Å²) in [6.45, 7) is 4.80. The fraction of sp³-hybridized carbons (Fsp3) is 0.391. The van der Waals surface area contributed by atoms with Crippen molar-refractivity contribution in [2.45, 2.75) is 31.0 Å². The number of carbonyl (C=O) groups excluding carboxylic acids is 2. The number of sulfonamides is 1. The highest BCUT2D eigenvalue weighted by Crippen LogP contribution is 2.33. The van der Waals surface area contributed by atoms with E-state index in [4.69, 9.17) is 18.9 Å². The van der Waals surface area contributed by atoms with E-state index in [9.17, 15) is 18.0 Å². The van der Waals surface area contributed by atoms with E-state index in [2.05, 4.69) is 4.72 Å². The van der Waals surface area contributed by atoms with Crippen LogP contribution in [0.3, 0.4) is 0 Å². The molecular weight excluding hydrogens is 464 g/mol. The van der Waals surface area contributed by atoms with Crippen LogP contribution in [0.15, 0.2) is 47.4 Å². The number of hydrogen-bond donors (Lipinski definition) is 1. The van der Waals surface area contributed by atoms with E-state index in [0.29, 0.717) is 37.8 Å². The molecule has 2 aliphatic heterocycles. The largest absolute Gasteiger partial charge is 0.486 e. The Kier molecular flexibility index (Phi) is 6.94. The molecule has 0 unspecified atom stereocenters. The van der Waals surface area contributed by atoms with Crippen LogP contribution in [-0.4, -0.2) is 70.3 Å². The minimum Gasteiger partial charge on any atom is -0.486 e. The van der Waals surface area contributed by atoms with E-state index in [1.165, 1.54) is 30.3 Å². The van der Waals surface area contributed by atoms with E-state index >= 15 is 0 Å². The summed E-state index contributed by atoms with van der Waals surface area (Å²) in [7, 11) is -4.05. The summed E-state index contributed by atoms with van der Waals surface area (Å²) in [5.41, 5.74) is 0.0172. The number of nitrogens with zero attached hydrogens (tertiary/aromatic N) is 1. The number of ether oxygens (including phenoxy) is 4. The molecular formula is C23H26N2O8S. The van der Waals surface area contributed by atoms with Crippen molar-refractivity contribution in [3.63, 3.8) is 0 Å². The summed E-state index contributed by atoms with van der Waals surface area (Å²) >= 11 is 0. The van der Waals surface area contributed by atoms with Crippen molar-refractivity contribution in [3.05, 3.63) is 48.0 Å². The molecule has 1 N–H and O–H groups in total. The number of rotatable bonds is 6. The summed E-state index contributed by atoms with van der Waals surface area (Å²) in [6.07, 6.45) is -0.224. The smallest absolute Gasteiger partial charge is 0.340 e. The summed E-state index contributed by atoms with van der Waals surface area (Å²) < 4.78 is 50.0. The lowest BCUT2D eigenvalue weighted by Gasteiger charge is -2.35. The molecule has 1 saturated heterocycles. The van der Waals surface area contributed by atoms with Crippen molar-refractivity contribution in [1.29, 1.82) is 0 Å². The van der Waals surface area contributed by atoms with Gasteiger partial charge in [-0.25, -0.2) is 13.2 Å². The van der Waals surface area contributed by atoms with Gasteiger partial charge in [0.2, 0.25) is 0 Å². The van der Waals surface area contributed by atoms with Gasteiger partial charge in [-0.3, -0.25) is 9.52 Å². The van der Waals surface area contributed by atoms with Gasteiger partial charge in [0.15, 0.2) is 18.1 Å². The molecule has 10 nitrogen and oxygen atoms in total. The zero-order valence-electron chi connectivity index (χ0n) is 18.9. The van der Waals surface area contributed by atoms with Gasteiger partial charge < -0.3 is 23.8 Å². The molecule has 4 rings (SSSR count). The average Bonchev–Trinajstić information content (AvgIpc) is 2.81. The normalized spacial score (nSPS) is 19.9. The Morgan fingerprint density at radius 1 is 1.03 bits per heavy atom. The zero-order chi connectivity index (χ0) is 24.3. The standard InChI is InChI=1S/C23H26N2O8S/c1-15-12-25(13-16(2)33-15)22(26)14-32-23(27)18-5-3-4-6-19(18)24-34(28,29)17-7-8-20-21(11-17)31-10-9-30-20/h3-8,11,15-16,24H,9-10,12-14H2,1-2H3/t15-,16-/m1/s1. The molecule has 0 bridgehead atoms. The number of carbonyl (C=O) groups is 2. The summed E-state index contributed by atoms with van der Waals surface area (Å²) in [5.74, 6) is -0.372.